The van der Waals surface area contributed by atoms with Crippen LogP contribution in [0.15, 0.2) is 24.3 Å². The van der Waals surface area contributed by atoms with Crippen LogP contribution in [0.1, 0.15) is 12.5 Å². The Morgan fingerprint density at radius 3 is 2.58 bits per heavy atom. The average Bonchev–Trinajstić information content (AvgIpc) is 2.48. The fraction of sp³-hybridized carbons (Fsp3) is 0.533. The minimum Gasteiger partial charge on any atom is -0.494 e. The minimum atomic E-state index is -0.0677. The SMILES string of the molecule is CCOc1ccc(CC(C#N)N2CCOCC2)cc1. The van der Waals surface area contributed by atoms with Crippen molar-refractivity contribution in [1.82, 2.24) is 4.90 Å². The number of nitriles is 1. The number of nitrogens with zero attached hydrogens (tertiary/aromatic N) is 2. The molecule has 1 unspecified atom stereocenters. The molecule has 1 heterocycles. The predicted molar refractivity (Wildman–Crippen MR) is 73.1 cm³/mol. The van der Waals surface area contributed by atoms with Gasteiger partial charge in [-0.3, -0.25) is 4.90 Å². The van der Waals surface area contributed by atoms with Crippen LogP contribution in [-0.4, -0.2) is 43.9 Å². The van der Waals surface area contributed by atoms with E-state index in [4.69, 9.17) is 9.47 Å². The zero-order valence-electron chi connectivity index (χ0n) is 11.3. The largest absolute Gasteiger partial charge is 0.494 e. The summed E-state index contributed by atoms with van der Waals surface area (Å²) < 4.78 is 10.7. The molecule has 0 N–H and O–H groups in total. The minimum absolute atomic E-state index is 0.0677. The standard InChI is InChI=1S/C15H20N2O2/c1-2-19-15-5-3-13(4-6-15)11-14(12-16)17-7-9-18-10-8-17/h3-6,14H,2,7-11H2,1H3. The second-order valence-corrected chi connectivity index (χ2v) is 4.57. The summed E-state index contributed by atoms with van der Waals surface area (Å²) >= 11 is 0. The van der Waals surface area contributed by atoms with Crippen molar-refractivity contribution in [3.63, 3.8) is 0 Å². The molecule has 2 rings (SSSR count). The number of morpholine rings is 1. The summed E-state index contributed by atoms with van der Waals surface area (Å²) in [5, 5.41) is 9.32. The van der Waals surface area contributed by atoms with Gasteiger partial charge in [-0.05, 0) is 24.6 Å². The monoisotopic (exact) mass is 260 g/mol. The van der Waals surface area contributed by atoms with Crippen LogP contribution in [0.5, 0.6) is 5.75 Å². The van der Waals surface area contributed by atoms with Gasteiger partial charge in [0.2, 0.25) is 0 Å². The lowest BCUT2D eigenvalue weighted by atomic mass is 10.1. The zero-order valence-corrected chi connectivity index (χ0v) is 11.3. The second kappa shape index (κ2) is 7.13. The van der Waals surface area contributed by atoms with Gasteiger partial charge in [0, 0.05) is 19.5 Å². The lowest BCUT2D eigenvalue weighted by molar-refractivity contribution is 0.0270. The summed E-state index contributed by atoms with van der Waals surface area (Å²) in [7, 11) is 0. The molecule has 1 aliphatic heterocycles. The summed E-state index contributed by atoms with van der Waals surface area (Å²) in [6, 6.07) is 10.3. The molecule has 1 aliphatic rings. The van der Waals surface area contributed by atoms with Gasteiger partial charge in [0.15, 0.2) is 0 Å². The normalized spacial score (nSPS) is 17.7. The molecule has 4 heteroatoms. The molecule has 0 aliphatic carbocycles. The number of rotatable bonds is 5. The van der Waals surface area contributed by atoms with Gasteiger partial charge >= 0.3 is 0 Å². The Morgan fingerprint density at radius 1 is 1.32 bits per heavy atom. The Bertz CT molecular complexity index is 419. The molecular formula is C15H20N2O2. The molecule has 19 heavy (non-hydrogen) atoms. The lowest BCUT2D eigenvalue weighted by Gasteiger charge is -2.30. The Labute approximate surface area is 114 Å². The molecule has 1 saturated heterocycles. The summed E-state index contributed by atoms with van der Waals surface area (Å²) in [6.45, 7) is 5.78. The van der Waals surface area contributed by atoms with Crippen LogP contribution in [0, 0.1) is 11.3 Å². The first-order valence-corrected chi connectivity index (χ1v) is 6.76. The molecular weight excluding hydrogens is 240 g/mol. The fourth-order valence-corrected chi connectivity index (χ4v) is 2.26. The highest BCUT2D eigenvalue weighted by Crippen LogP contribution is 2.15. The average molecular weight is 260 g/mol. The van der Waals surface area contributed by atoms with E-state index >= 15 is 0 Å². The third kappa shape index (κ3) is 3.95. The van der Waals surface area contributed by atoms with Crippen molar-refractivity contribution < 1.29 is 9.47 Å². The zero-order chi connectivity index (χ0) is 13.5. The Kier molecular flexibility index (Phi) is 5.20. The first kappa shape index (κ1) is 13.9. The molecule has 1 fully saturated rings. The van der Waals surface area contributed by atoms with Crippen molar-refractivity contribution in [3.05, 3.63) is 29.8 Å². The first-order valence-electron chi connectivity index (χ1n) is 6.76. The van der Waals surface area contributed by atoms with Gasteiger partial charge in [0.1, 0.15) is 11.8 Å². The number of ether oxygens (including phenoxy) is 2. The van der Waals surface area contributed by atoms with Crippen molar-refractivity contribution in [2.75, 3.05) is 32.9 Å². The van der Waals surface area contributed by atoms with Crippen LogP contribution in [0.4, 0.5) is 0 Å². The molecule has 1 atom stereocenters. The molecule has 0 spiro atoms. The molecule has 102 valence electrons. The van der Waals surface area contributed by atoms with Gasteiger partial charge in [0.05, 0.1) is 25.9 Å². The van der Waals surface area contributed by atoms with E-state index in [2.05, 4.69) is 11.0 Å². The van der Waals surface area contributed by atoms with Crippen molar-refractivity contribution in [1.29, 1.82) is 5.26 Å². The van der Waals surface area contributed by atoms with Crippen molar-refractivity contribution >= 4 is 0 Å². The van der Waals surface area contributed by atoms with Crippen molar-refractivity contribution in [3.8, 4) is 11.8 Å². The van der Waals surface area contributed by atoms with Crippen LogP contribution in [0.25, 0.3) is 0 Å². The molecule has 1 aromatic carbocycles. The maximum absolute atomic E-state index is 9.32. The highest BCUT2D eigenvalue weighted by atomic mass is 16.5. The quantitative estimate of drug-likeness (QED) is 0.810. The molecule has 0 aromatic heterocycles. The summed E-state index contributed by atoms with van der Waals surface area (Å²) in [5.74, 6) is 0.881. The van der Waals surface area contributed by atoms with E-state index < -0.39 is 0 Å². The maximum Gasteiger partial charge on any atom is 0.119 e. The van der Waals surface area contributed by atoms with Gasteiger partial charge in [-0.2, -0.15) is 5.26 Å². The molecule has 0 bridgehead atoms. The van der Waals surface area contributed by atoms with Crippen molar-refractivity contribution in [2.45, 2.75) is 19.4 Å². The highest BCUT2D eigenvalue weighted by Gasteiger charge is 2.20. The number of hydrogen-bond donors (Lipinski definition) is 0. The Balaban J connectivity index is 1.95. The summed E-state index contributed by atoms with van der Waals surface area (Å²) in [6.07, 6.45) is 0.753. The van der Waals surface area contributed by atoms with E-state index in [1.807, 2.05) is 31.2 Å². The van der Waals surface area contributed by atoms with E-state index in [1.54, 1.807) is 0 Å². The van der Waals surface area contributed by atoms with Crippen molar-refractivity contribution in [2.24, 2.45) is 0 Å². The van der Waals surface area contributed by atoms with E-state index in [0.717, 1.165) is 38.5 Å². The number of benzene rings is 1. The van der Waals surface area contributed by atoms with Gasteiger partial charge in [-0.15, -0.1) is 0 Å². The molecule has 0 radical (unpaired) electrons. The third-order valence-electron chi connectivity index (χ3n) is 3.30. The molecule has 4 nitrogen and oxygen atoms in total. The van der Waals surface area contributed by atoms with E-state index in [-0.39, 0.29) is 6.04 Å². The Morgan fingerprint density at radius 2 is 2.00 bits per heavy atom. The number of hydrogen-bond acceptors (Lipinski definition) is 4. The van der Waals surface area contributed by atoms with Gasteiger partial charge in [0.25, 0.3) is 0 Å². The van der Waals surface area contributed by atoms with Gasteiger partial charge < -0.3 is 9.47 Å². The van der Waals surface area contributed by atoms with E-state index in [1.165, 1.54) is 5.56 Å². The van der Waals surface area contributed by atoms with Crippen LogP contribution < -0.4 is 4.74 Å². The van der Waals surface area contributed by atoms with Gasteiger partial charge in [-0.25, -0.2) is 0 Å². The topological polar surface area (TPSA) is 45.5 Å². The fourth-order valence-electron chi connectivity index (χ4n) is 2.26. The smallest absolute Gasteiger partial charge is 0.119 e. The molecule has 0 saturated carbocycles. The maximum atomic E-state index is 9.32. The summed E-state index contributed by atoms with van der Waals surface area (Å²) in [4.78, 5) is 2.19. The van der Waals surface area contributed by atoms with Crippen LogP contribution in [0.2, 0.25) is 0 Å². The summed E-state index contributed by atoms with van der Waals surface area (Å²) in [5.41, 5.74) is 1.17. The Hall–Kier alpha value is -1.57. The highest BCUT2D eigenvalue weighted by molar-refractivity contribution is 5.28. The van der Waals surface area contributed by atoms with Gasteiger partial charge in [-0.1, -0.05) is 12.1 Å². The molecule has 1 aromatic rings. The lowest BCUT2D eigenvalue weighted by Crippen LogP contribution is -2.43. The van der Waals surface area contributed by atoms with Crippen LogP contribution >= 0.6 is 0 Å². The second-order valence-electron chi connectivity index (χ2n) is 4.57. The van der Waals surface area contributed by atoms with Crippen LogP contribution in [-0.2, 0) is 11.2 Å². The molecule has 0 amide bonds. The first-order chi connectivity index (χ1) is 9.33. The third-order valence-corrected chi connectivity index (χ3v) is 3.30. The van der Waals surface area contributed by atoms with Crippen LogP contribution in [0.3, 0.4) is 0 Å². The van der Waals surface area contributed by atoms with E-state index in [0.29, 0.717) is 6.61 Å². The van der Waals surface area contributed by atoms with E-state index in [9.17, 15) is 5.26 Å². The predicted octanol–water partition coefficient (Wildman–Crippen LogP) is 1.85.